The van der Waals surface area contributed by atoms with Crippen molar-refractivity contribution in [1.82, 2.24) is 66.3 Å². The second kappa shape index (κ2) is 43.3. The molecule has 3 heterocycles. The minimum absolute atomic E-state index is 0.0128. The van der Waals surface area contributed by atoms with Gasteiger partial charge < -0.3 is 86.6 Å². The van der Waals surface area contributed by atoms with E-state index >= 15 is 19.2 Å². The number of likely N-dealkylation sites (tertiary alicyclic amines) is 1. The largest absolute Gasteiger partial charge is 0.488 e. The van der Waals surface area contributed by atoms with Crippen LogP contribution in [-0.4, -0.2) is 262 Å². The lowest BCUT2D eigenvalue weighted by Crippen LogP contribution is -2.60. The lowest BCUT2D eigenvalue weighted by molar-refractivity contribution is -0.158. The van der Waals surface area contributed by atoms with Crippen molar-refractivity contribution in [3.8, 4) is 5.75 Å². The molecule has 0 unspecified atom stereocenters. The van der Waals surface area contributed by atoms with Gasteiger partial charge in [0.05, 0.1) is 31.6 Å². The number of benzene rings is 3. The third-order valence-corrected chi connectivity index (χ3v) is 19.0. The number of nitrogens with one attached hydrogen (secondary N) is 7. The topological polar surface area (TPSA) is 427 Å². The van der Waals surface area contributed by atoms with Crippen molar-refractivity contribution in [2.75, 3.05) is 79.5 Å². The number of urea groups is 1. The van der Waals surface area contributed by atoms with Gasteiger partial charge in [-0.3, -0.25) is 67.0 Å². The molecule has 2 fully saturated rings. The number of carbonyl (C=O) groups excluding carboxylic acids is 13. The Hall–Kier alpha value is -10.7. The standard InChI is InChI=1S/C83H122N14O19/c1-16-17-19-30-58(88-73(106)59(44-54-34-36-56(37-35-54)113-80(2,3)4)90-76(109)65(93(15)66(98)48-84)45-53-27-20-18-21-28-53)72(105)89-60(46-55-51-97(79(112)116-83(11,12)13)62-31-23-22-29-57(55)62)71(104)86-49-67(99)92(14)63(32-24-25-38-85-78(111)95-42-40-94(41-43-95)52-70(103)115-82(8,9)10)75(108)91-61(47-69(102)114-81(5,6)7)77(110)96-39-26-33-64(96)74(107)87-50-68(100)101/h18,20-23,27-29,31,34-37,51,58-61,63-65H,16-17,19,24-26,30,32-33,38-50,52,84H2,1-15H3,(H,85,111)(H,86,104)(H,87,107)(H,88,106)(H,89,105)(H,90,109)(H,91,108)(H,100,101)/t58-,59-,60-,61-,63-,64+,65-/m0/s1. The minimum atomic E-state index is -1.71. The van der Waals surface area contributed by atoms with Crippen molar-refractivity contribution >= 4 is 94.1 Å². The molecular weight excluding hydrogens is 1500 g/mol. The Kier molecular flexibility index (Phi) is 35.2. The van der Waals surface area contributed by atoms with Gasteiger partial charge in [0.15, 0.2) is 0 Å². The fourth-order valence-electron chi connectivity index (χ4n) is 13.4. The first-order valence-electron chi connectivity index (χ1n) is 39.8. The van der Waals surface area contributed by atoms with Crippen LogP contribution < -0.4 is 47.7 Å². The van der Waals surface area contributed by atoms with Gasteiger partial charge in [0.25, 0.3) is 0 Å². The number of piperazine rings is 1. The molecule has 0 aliphatic carbocycles. The maximum Gasteiger partial charge on any atom is 0.419 e. The Balaban J connectivity index is 1.34. The third kappa shape index (κ3) is 30.8. The van der Waals surface area contributed by atoms with E-state index in [1.54, 1.807) is 146 Å². The molecule has 0 radical (unpaired) electrons. The lowest BCUT2D eigenvalue weighted by Gasteiger charge is -2.34. The highest BCUT2D eigenvalue weighted by atomic mass is 16.6. The Bertz CT molecular complexity index is 4060. The number of likely N-dealkylation sites (N-methyl/N-ethyl adjacent to an activating group) is 2. The highest BCUT2D eigenvalue weighted by Gasteiger charge is 2.42. The molecule has 638 valence electrons. The number of carbonyl (C=O) groups is 14. The number of carboxylic acid groups (broad SMARTS) is 1. The number of nitrogens with two attached hydrogens (primary N) is 1. The maximum atomic E-state index is 15.4. The van der Waals surface area contributed by atoms with E-state index in [4.69, 9.17) is 24.7 Å². The van der Waals surface area contributed by atoms with Gasteiger partial charge in [0.1, 0.15) is 77.0 Å². The maximum absolute atomic E-state index is 15.4. The van der Waals surface area contributed by atoms with Crippen molar-refractivity contribution in [3.63, 3.8) is 0 Å². The van der Waals surface area contributed by atoms with E-state index in [0.29, 0.717) is 85.2 Å². The molecule has 1 aromatic heterocycles. The van der Waals surface area contributed by atoms with Gasteiger partial charge in [-0.05, 0) is 156 Å². The number of hydrogen-bond donors (Lipinski definition) is 9. The molecule has 3 aromatic carbocycles. The predicted molar refractivity (Wildman–Crippen MR) is 432 cm³/mol. The van der Waals surface area contributed by atoms with Gasteiger partial charge >= 0.3 is 30.0 Å². The van der Waals surface area contributed by atoms with E-state index in [-0.39, 0.29) is 77.0 Å². The van der Waals surface area contributed by atoms with Crippen LogP contribution >= 0.6 is 0 Å². The average Bonchev–Trinajstić information content (AvgIpc) is 1.63. The molecule has 4 aromatic rings. The Labute approximate surface area is 679 Å². The SMILES string of the molecule is CCCCC[C@H](NC(=O)[C@H](Cc1ccc(OC(C)(C)C)cc1)NC(=O)[C@H](Cc1ccccc1)N(C)C(=O)CN)C(=O)N[C@@H](Cc1cn(C(=O)OC(C)(C)C)c2ccccc12)C(=O)NCC(=O)N(C)[C@@H](CCCCNC(=O)N1CCN(CC(=O)OC(C)(C)C)CC1)C(=O)N[C@@H](CC(=O)OC(C)(C)C)C(=O)N1CCC[C@@H]1C(=O)NCC(=O)O. The van der Waals surface area contributed by atoms with E-state index < -0.39 is 168 Å². The van der Waals surface area contributed by atoms with Crippen molar-refractivity contribution in [2.24, 2.45) is 5.73 Å². The molecular formula is C83H122N14O19. The number of esters is 2. The Morgan fingerprint density at radius 3 is 1.72 bits per heavy atom. The van der Waals surface area contributed by atoms with E-state index in [2.05, 4.69) is 37.2 Å². The van der Waals surface area contributed by atoms with Crippen LogP contribution in [0.5, 0.6) is 5.75 Å². The summed E-state index contributed by atoms with van der Waals surface area (Å²) in [4.78, 5) is 204. The molecule has 33 nitrogen and oxygen atoms in total. The summed E-state index contributed by atoms with van der Waals surface area (Å²) in [5.41, 5.74) is 4.61. The number of amides is 11. The summed E-state index contributed by atoms with van der Waals surface area (Å²) in [5.74, 6) is -9.48. The average molecular weight is 1620 g/mol. The first-order valence-corrected chi connectivity index (χ1v) is 39.8. The molecule has 2 aliphatic heterocycles. The molecule has 7 atom stereocenters. The van der Waals surface area contributed by atoms with Crippen LogP contribution in [0, 0.1) is 0 Å². The summed E-state index contributed by atoms with van der Waals surface area (Å²) in [7, 11) is 2.71. The molecule has 2 aliphatic rings. The number of para-hydroxylation sites is 1. The first kappa shape index (κ1) is 94.2. The molecule has 6 rings (SSSR count). The molecule has 0 bridgehead atoms. The summed E-state index contributed by atoms with van der Waals surface area (Å²) in [6.07, 6.45) is 1.86. The smallest absolute Gasteiger partial charge is 0.419 e. The number of carboxylic acids is 1. The van der Waals surface area contributed by atoms with Crippen LogP contribution in [0.4, 0.5) is 9.59 Å². The fourth-order valence-corrected chi connectivity index (χ4v) is 13.4. The van der Waals surface area contributed by atoms with Gasteiger partial charge in [-0.1, -0.05) is 86.8 Å². The van der Waals surface area contributed by atoms with E-state index in [1.165, 1.54) is 29.8 Å². The van der Waals surface area contributed by atoms with Gasteiger partial charge in [-0.15, -0.1) is 0 Å². The number of hydrogen-bond acceptors (Lipinski definition) is 20. The monoisotopic (exact) mass is 1620 g/mol. The third-order valence-electron chi connectivity index (χ3n) is 19.0. The van der Waals surface area contributed by atoms with Crippen LogP contribution in [0.1, 0.15) is 171 Å². The summed E-state index contributed by atoms with van der Waals surface area (Å²) < 4.78 is 24.2. The second-order valence-corrected chi connectivity index (χ2v) is 33.4. The number of fused-ring (bicyclic) bond motifs is 1. The summed E-state index contributed by atoms with van der Waals surface area (Å²) in [5, 5.41) is 28.9. The number of nitrogens with zero attached hydrogens (tertiary/aromatic N) is 6. The van der Waals surface area contributed by atoms with Gasteiger partial charge in [0, 0.05) is 84.2 Å². The number of rotatable bonds is 38. The number of ether oxygens (including phenoxy) is 4. The normalized spacial score (nSPS) is 15.5. The first-order chi connectivity index (χ1) is 54.4. The fraction of sp³-hybridized carbons (Fsp3) is 0.590. The van der Waals surface area contributed by atoms with E-state index in [0.717, 1.165) is 9.80 Å². The van der Waals surface area contributed by atoms with Gasteiger partial charge in [-0.25, -0.2) is 9.59 Å². The van der Waals surface area contributed by atoms with Crippen molar-refractivity contribution in [3.05, 3.63) is 102 Å². The lowest BCUT2D eigenvalue weighted by atomic mass is 10.00. The quantitative estimate of drug-likeness (QED) is 0.0168. The van der Waals surface area contributed by atoms with Gasteiger partial charge in [0.2, 0.25) is 53.2 Å². The summed E-state index contributed by atoms with van der Waals surface area (Å²) in [6, 6.07) is 12.3. The van der Waals surface area contributed by atoms with Crippen LogP contribution in [0.3, 0.4) is 0 Å². The zero-order chi connectivity index (χ0) is 86.0. The minimum Gasteiger partial charge on any atom is -0.488 e. The Morgan fingerprint density at radius 1 is 0.543 bits per heavy atom. The zero-order valence-corrected chi connectivity index (χ0v) is 69.9. The molecule has 116 heavy (non-hydrogen) atoms. The zero-order valence-electron chi connectivity index (χ0n) is 69.9. The van der Waals surface area contributed by atoms with Crippen LogP contribution in [0.15, 0.2) is 85.1 Å². The molecule has 33 heteroatoms. The highest BCUT2D eigenvalue weighted by Crippen LogP contribution is 2.27. The van der Waals surface area contributed by atoms with Crippen LogP contribution in [0.25, 0.3) is 10.9 Å². The summed E-state index contributed by atoms with van der Waals surface area (Å²) >= 11 is 0. The van der Waals surface area contributed by atoms with Crippen molar-refractivity contribution < 1.29 is 91.2 Å². The van der Waals surface area contributed by atoms with Crippen molar-refractivity contribution in [1.29, 1.82) is 0 Å². The Morgan fingerprint density at radius 2 is 1.10 bits per heavy atom. The molecule has 0 spiro atoms. The van der Waals surface area contributed by atoms with Gasteiger partial charge in [-0.2, -0.15) is 0 Å². The van der Waals surface area contributed by atoms with E-state index in [1.807, 2.05) is 32.6 Å². The van der Waals surface area contributed by atoms with Crippen molar-refractivity contribution in [2.45, 2.75) is 238 Å². The van der Waals surface area contributed by atoms with Crippen LogP contribution in [0.2, 0.25) is 0 Å². The van der Waals surface area contributed by atoms with Crippen LogP contribution in [-0.2, 0) is 91.0 Å². The highest BCUT2D eigenvalue weighted by molar-refractivity contribution is 6.00. The molecule has 2 saturated heterocycles. The predicted octanol–water partition coefficient (Wildman–Crippen LogP) is 4.64. The number of aliphatic carboxylic acids is 1. The molecule has 0 saturated carbocycles. The summed E-state index contributed by atoms with van der Waals surface area (Å²) in [6.45, 7) is 22.3. The number of aromatic nitrogens is 1. The number of unbranched alkanes of at least 4 members (excludes halogenated alkanes) is 3. The second-order valence-electron chi connectivity index (χ2n) is 33.4. The molecule has 11 amide bonds. The molecule has 10 N–H and O–H groups in total. The van der Waals surface area contributed by atoms with E-state index in [9.17, 15) is 53.1 Å².